The van der Waals surface area contributed by atoms with Gasteiger partial charge in [-0.1, -0.05) is 60.9 Å². The zero-order valence-electron chi connectivity index (χ0n) is 13.9. The lowest BCUT2D eigenvalue weighted by atomic mass is 9.89. The molecule has 1 aromatic carbocycles. The predicted molar refractivity (Wildman–Crippen MR) is 104 cm³/mol. The Morgan fingerprint density at radius 2 is 1.70 bits per heavy atom. The van der Waals surface area contributed by atoms with E-state index in [0.717, 1.165) is 28.3 Å². The van der Waals surface area contributed by atoms with Crippen molar-refractivity contribution in [3.63, 3.8) is 0 Å². The van der Waals surface area contributed by atoms with E-state index in [-0.39, 0.29) is 5.91 Å². The molecule has 128 valence electrons. The molecule has 1 aliphatic rings. The molecule has 0 radical (unpaired) electrons. The average Bonchev–Trinajstić information content (AvgIpc) is 2.52. The van der Waals surface area contributed by atoms with Crippen molar-refractivity contribution in [3.05, 3.63) is 34.3 Å². The smallest absolute Gasteiger partial charge is 0.251 e. The topological polar surface area (TPSA) is 29.1 Å². The minimum absolute atomic E-state index is 0.0260. The number of rotatable bonds is 7. The molecule has 0 aromatic heterocycles. The fourth-order valence-corrected chi connectivity index (χ4v) is 4.34. The highest BCUT2D eigenvalue weighted by Gasteiger charge is 2.11. The van der Waals surface area contributed by atoms with Gasteiger partial charge in [0.2, 0.25) is 0 Å². The van der Waals surface area contributed by atoms with Crippen LogP contribution in [0.15, 0.2) is 28.7 Å². The summed E-state index contributed by atoms with van der Waals surface area (Å²) in [7, 11) is 0. The summed E-state index contributed by atoms with van der Waals surface area (Å²) < 4.78 is 0.999. The maximum absolute atomic E-state index is 12.0. The number of hydrogen-bond donors (Lipinski definition) is 1. The first-order valence-corrected chi connectivity index (χ1v) is 10.8. The zero-order valence-corrected chi connectivity index (χ0v) is 16.3. The van der Waals surface area contributed by atoms with Gasteiger partial charge in [0.15, 0.2) is 0 Å². The fraction of sp³-hybridized carbons (Fsp3) is 0.632. The molecule has 4 heteroatoms. The summed E-state index contributed by atoms with van der Waals surface area (Å²) in [4.78, 5) is 12.0. The van der Waals surface area contributed by atoms with E-state index in [9.17, 15) is 4.79 Å². The Labute approximate surface area is 153 Å². The molecule has 0 bridgehead atoms. The molecule has 1 amide bonds. The van der Waals surface area contributed by atoms with Crippen LogP contribution in [0, 0.1) is 5.92 Å². The van der Waals surface area contributed by atoms with Crippen LogP contribution in [-0.4, -0.2) is 24.0 Å². The van der Waals surface area contributed by atoms with E-state index in [0.29, 0.717) is 0 Å². The minimum atomic E-state index is 0.0260. The SMILES string of the molecule is O=C(NCCSCCC1CCCCCCC1)c1ccc(Br)cc1. The van der Waals surface area contributed by atoms with Crippen molar-refractivity contribution in [2.45, 2.75) is 51.4 Å². The van der Waals surface area contributed by atoms with Gasteiger partial charge in [0.1, 0.15) is 0 Å². The van der Waals surface area contributed by atoms with Crippen LogP contribution < -0.4 is 5.32 Å². The number of nitrogens with one attached hydrogen (secondary N) is 1. The number of thioether (sulfide) groups is 1. The molecule has 23 heavy (non-hydrogen) atoms. The van der Waals surface area contributed by atoms with Crippen LogP contribution in [0.2, 0.25) is 0 Å². The maximum Gasteiger partial charge on any atom is 0.251 e. The summed E-state index contributed by atoms with van der Waals surface area (Å²) in [6.07, 6.45) is 11.4. The van der Waals surface area contributed by atoms with E-state index in [1.54, 1.807) is 0 Å². The average molecular weight is 398 g/mol. The van der Waals surface area contributed by atoms with Gasteiger partial charge in [-0.2, -0.15) is 11.8 Å². The molecule has 1 aromatic rings. The highest BCUT2D eigenvalue weighted by atomic mass is 79.9. The van der Waals surface area contributed by atoms with E-state index < -0.39 is 0 Å². The number of amides is 1. The van der Waals surface area contributed by atoms with Crippen LogP contribution in [-0.2, 0) is 0 Å². The lowest BCUT2D eigenvalue weighted by molar-refractivity contribution is 0.0956. The Balaban J connectivity index is 1.53. The normalized spacial score (nSPS) is 16.6. The van der Waals surface area contributed by atoms with E-state index in [2.05, 4.69) is 21.2 Å². The van der Waals surface area contributed by atoms with Gasteiger partial charge in [-0.25, -0.2) is 0 Å². The lowest BCUT2D eigenvalue weighted by Gasteiger charge is -2.19. The number of carbonyl (C=O) groups is 1. The fourth-order valence-electron chi connectivity index (χ4n) is 3.12. The molecule has 0 spiro atoms. The predicted octanol–water partition coefficient (Wildman–Crippen LogP) is 5.66. The summed E-state index contributed by atoms with van der Waals surface area (Å²) in [5, 5.41) is 3.00. The first-order chi connectivity index (χ1) is 11.3. The van der Waals surface area contributed by atoms with Gasteiger partial charge in [-0.15, -0.1) is 0 Å². The molecular formula is C19H28BrNOS. The standard InChI is InChI=1S/C19H28BrNOS/c20-18-10-8-17(9-11-18)19(22)21-13-15-23-14-12-16-6-4-2-1-3-5-7-16/h8-11,16H,1-7,12-15H2,(H,21,22). The molecule has 2 nitrogen and oxygen atoms in total. The monoisotopic (exact) mass is 397 g/mol. The Morgan fingerprint density at radius 1 is 1.04 bits per heavy atom. The van der Waals surface area contributed by atoms with Gasteiger partial charge >= 0.3 is 0 Å². The van der Waals surface area contributed by atoms with Crippen molar-refractivity contribution in [3.8, 4) is 0 Å². The summed E-state index contributed by atoms with van der Waals surface area (Å²) in [5.74, 6) is 3.21. The molecule has 0 aliphatic heterocycles. The molecular weight excluding hydrogens is 370 g/mol. The molecule has 0 atom stereocenters. The number of halogens is 1. The first kappa shape index (κ1) is 18.9. The molecule has 1 aliphatic carbocycles. The van der Waals surface area contributed by atoms with Gasteiger partial charge in [0.05, 0.1) is 0 Å². The molecule has 1 saturated carbocycles. The lowest BCUT2D eigenvalue weighted by Crippen LogP contribution is -2.25. The summed E-state index contributed by atoms with van der Waals surface area (Å²) in [5.41, 5.74) is 0.729. The number of carbonyl (C=O) groups excluding carboxylic acids is 1. The van der Waals surface area contributed by atoms with Crippen LogP contribution in [0.3, 0.4) is 0 Å². The molecule has 2 rings (SSSR count). The van der Waals surface area contributed by atoms with Crippen molar-refractivity contribution >= 4 is 33.6 Å². The molecule has 1 fully saturated rings. The summed E-state index contributed by atoms with van der Waals surface area (Å²) in [6, 6.07) is 7.50. The quantitative estimate of drug-likeness (QED) is 0.600. The summed E-state index contributed by atoms with van der Waals surface area (Å²) >= 11 is 5.36. The minimum Gasteiger partial charge on any atom is -0.351 e. The zero-order chi connectivity index (χ0) is 16.3. The second kappa shape index (κ2) is 11.1. The third-order valence-corrected chi connectivity index (χ3v) is 6.08. The summed E-state index contributed by atoms with van der Waals surface area (Å²) in [6.45, 7) is 0.754. The van der Waals surface area contributed by atoms with E-state index in [1.165, 1.54) is 57.1 Å². The Morgan fingerprint density at radius 3 is 2.39 bits per heavy atom. The van der Waals surface area contributed by atoms with Crippen molar-refractivity contribution in [2.75, 3.05) is 18.1 Å². The third-order valence-electron chi connectivity index (χ3n) is 4.53. The van der Waals surface area contributed by atoms with Crippen LogP contribution in [0.5, 0.6) is 0 Å². The second-order valence-electron chi connectivity index (χ2n) is 6.37. The van der Waals surface area contributed by atoms with Gasteiger partial charge < -0.3 is 5.32 Å². The van der Waals surface area contributed by atoms with Crippen molar-refractivity contribution in [1.82, 2.24) is 5.32 Å². The van der Waals surface area contributed by atoms with Crippen LogP contribution in [0.25, 0.3) is 0 Å². The second-order valence-corrected chi connectivity index (χ2v) is 8.52. The molecule has 0 heterocycles. The highest BCUT2D eigenvalue weighted by Crippen LogP contribution is 2.25. The van der Waals surface area contributed by atoms with Gasteiger partial charge in [-0.3, -0.25) is 4.79 Å². The Kier molecular flexibility index (Phi) is 9.13. The van der Waals surface area contributed by atoms with E-state index in [1.807, 2.05) is 36.0 Å². The van der Waals surface area contributed by atoms with E-state index in [4.69, 9.17) is 0 Å². The van der Waals surface area contributed by atoms with Crippen molar-refractivity contribution < 1.29 is 4.79 Å². The Bertz CT molecular complexity index is 455. The van der Waals surface area contributed by atoms with Crippen LogP contribution in [0.4, 0.5) is 0 Å². The number of benzene rings is 1. The molecule has 0 saturated heterocycles. The van der Waals surface area contributed by atoms with Gasteiger partial charge in [0, 0.05) is 22.3 Å². The highest BCUT2D eigenvalue weighted by molar-refractivity contribution is 9.10. The van der Waals surface area contributed by atoms with Crippen molar-refractivity contribution in [2.24, 2.45) is 5.92 Å². The maximum atomic E-state index is 12.0. The Hall–Kier alpha value is -0.480. The molecule has 1 N–H and O–H groups in total. The largest absolute Gasteiger partial charge is 0.351 e. The molecule has 0 unspecified atom stereocenters. The van der Waals surface area contributed by atoms with Gasteiger partial charge in [0.25, 0.3) is 5.91 Å². The first-order valence-electron chi connectivity index (χ1n) is 8.87. The van der Waals surface area contributed by atoms with Gasteiger partial charge in [-0.05, 0) is 42.4 Å². The van der Waals surface area contributed by atoms with Crippen molar-refractivity contribution in [1.29, 1.82) is 0 Å². The third kappa shape index (κ3) is 7.75. The number of hydrogen-bond acceptors (Lipinski definition) is 2. The van der Waals surface area contributed by atoms with E-state index >= 15 is 0 Å². The van der Waals surface area contributed by atoms with Crippen LogP contribution in [0.1, 0.15) is 61.7 Å². The van der Waals surface area contributed by atoms with Crippen LogP contribution >= 0.6 is 27.7 Å².